The van der Waals surface area contributed by atoms with Gasteiger partial charge in [0.2, 0.25) is 0 Å². The van der Waals surface area contributed by atoms with Crippen LogP contribution >= 0.6 is 45.5 Å². The Kier molecular flexibility index (Phi) is 9.88. The van der Waals surface area contributed by atoms with E-state index in [0.29, 0.717) is 43.2 Å². The molecule has 2 fully saturated rings. The summed E-state index contributed by atoms with van der Waals surface area (Å²) >= 11 is 10.0. The van der Waals surface area contributed by atoms with Gasteiger partial charge in [-0.3, -0.25) is 4.99 Å². The highest BCUT2D eigenvalue weighted by Gasteiger charge is 2.44. The fraction of sp³-hybridized carbons (Fsp3) is 0.429. The standard InChI is InChI=1S/C28H29ClF3IN8O4S2/c1-15(12-28(5-6-33)14-35-27(42)45-28)38-47(43,44)39-17-11-21-22(20-4-8-41(37-20)26(31)32)23(18-3-2-16(30)10-19(18)29)36-24(40(21)13-17)25-34-7-9-46-25/h2-4,7-10,15,17,23,26,38-39H,5-6,11-14H2,1H3,(H,35,42)/t15?,17-,23-,28?/m0/s1. The normalized spacial score (nSPS) is 23.6. The maximum Gasteiger partial charge on any atom is 0.407 e. The number of carbonyl (C=O) groups excluding carboxylic acids is 1. The number of thiazole rings is 1. The predicted molar refractivity (Wildman–Crippen MR) is 178 cm³/mol. The molecule has 5 heterocycles. The summed E-state index contributed by atoms with van der Waals surface area (Å²) in [5.41, 5.74) is 0.787. The number of hydrogen-bond donors (Lipinski definition) is 3. The summed E-state index contributed by atoms with van der Waals surface area (Å²) in [6.07, 6.45) is 3.17. The first kappa shape index (κ1) is 34.1. The van der Waals surface area contributed by atoms with Crippen LogP contribution in [0.5, 0.6) is 0 Å². The van der Waals surface area contributed by atoms with E-state index in [1.165, 1.54) is 29.5 Å². The Morgan fingerprint density at radius 2 is 2.13 bits per heavy atom. The number of halogens is 5. The van der Waals surface area contributed by atoms with Gasteiger partial charge in [0.1, 0.15) is 17.5 Å². The van der Waals surface area contributed by atoms with Gasteiger partial charge in [0.15, 0.2) is 10.8 Å². The molecule has 47 heavy (non-hydrogen) atoms. The highest BCUT2D eigenvalue weighted by atomic mass is 127. The summed E-state index contributed by atoms with van der Waals surface area (Å²) in [5, 5.41) is 9.15. The van der Waals surface area contributed by atoms with E-state index in [1.54, 1.807) is 23.4 Å². The third-order valence-corrected chi connectivity index (χ3v) is 11.0. The third-order valence-electron chi connectivity index (χ3n) is 8.00. The highest BCUT2D eigenvalue weighted by molar-refractivity contribution is 14.1. The molecule has 0 saturated carbocycles. The molecule has 4 atom stereocenters. The zero-order chi connectivity index (χ0) is 33.5. The van der Waals surface area contributed by atoms with Gasteiger partial charge in [-0.05, 0) is 31.5 Å². The lowest BCUT2D eigenvalue weighted by molar-refractivity contribution is 0.0425. The van der Waals surface area contributed by atoms with Gasteiger partial charge in [-0.1, -0.05) is 40.3 Å². The minimum atomic E-state index is -4.09. The molecule has 1 amide bonds. The number of aliphatic imine (C=N–C) groups is 1. The van der Waals surface area contributed by atoms with E-state index in [1.807, 2.05) is 0 Å². The maximum absolute atomic E-state index is 14.1. The molecule has 0 aliphatic carbocycles. The van der Waals surface area contributed by atoms with Gasteiger partial charge in [0.25, 0.3) is 10.2 Å². The van der Waals surface area contributed by atoms with E-state index >= 15 is 0 Å². The molecular formula is C28H29ClF3IN8O4S2. The summed E-state index contributed by atoms with van der Waals surface area (Å²) in [6.45, 7) is -0.774. The molecule has 0 radical (unpaired) electrons. The molecule has 2 aromatic heterocycles. The molecule has 2 unspecified atom stereocenters. The average molecular weight is 825 g/mol. The number of fused-ring (bicyclic) bond motifs is 1. The molecule has 6 rings (SSSR count). The lowest BCUT2D eigenvalue weighted by Crippen LogP contribution is -2.49. The van der Waals surface area contributed by atoms with Crippen molar-refractivity contribution in [2.24, 2.45) is 4.99 Å². The molecule has 0 spiro atoms. The zero-order valence-electron chi connectivity index (χ0n) is 24.7. The first-order valence-corrected chi connectivity index (χ1v) is 18.7. The van der Waals surface area contributed by atoms with Crippen molar-refractivity contribution in [2.75, 3.05) is 17.5 Å². The van der Waals surface area contributed by atoms with Crippen LogP contribution in [0.4, 0.5) is 18.0 Å². The van der Waals surface area contributed by atoms with Crippen molar-refractivity contribution in [1.29, 1.82) is 0 Å². The van der Waals surface area contributed by atoms with Crippen LogP contribution in [0.1, 0.15) is 55.0 Å². The molecule has 252 valence electrons. The van der Waals surface area contributed by atoms with Crippen molar-refractivity contribution in [3.8, 4) is 0 Å². The number of alkyl halides is 3. The monoisotopic (exact) mass is 824 g/mol. The number of carbonyl (C=O) groups is 1. The Morgan fingerprint density at radius 3 is 2.77 bits per heavy atom. The second-order valence-electron chi connectivity index (χ2n) is 11.4. The van der Waals surface area contributed by atoms with Crippen LogP contribution in [0.2, 0.25) is 5.02 Å². The molecule has 2 saturated heterocycles. The van der Waals surface area contributed by atoms with Crippen molar-refractivity contribution in [1.82, 2.24) is 34.4 Å². The van der Waals surface area contributed by atoms with E-state index in [9.17, 15) is 26.4 Å². The summed E-state index contributed by atoms with van der Waals surface area (Å²) < 4.78 is 80.3. The van der Waals surface area contributed by atoms with Crippen LogP contribution in [-0.2, 0) is 14.9 Å². The first-order chi connectivity index (χ1) is 22.4. The number of rotatable bonds is 12. The SMILES string of the molecule is CC(CC1(CCI)CNC(=O)O1)NS(=O)(=O)N[C@H]1CC2=C(c3ccn(C(F)F)n3)[C@H](c3ccc(F)cc3Cl)N=C(c3nccs3)N2C1. The van der Waals surface area contributed by atoms with Crippen molar-refractivity contribution >= 4 is 73.2 Å². The van der Waals surface area contributed by atoms with Gasteiger partial charge in [-0.25, -0.2) is 18.9 Å². The minimum absolute atomic E-state index is 0.0778. The Balaban J connectivity index is 1.33. The van der Waals surface area contributed by atoms with Gasteiger partial charge in [0.05, 0.1) is 12.2 Å². The van der Waals surface area contributed by atoms with Gasteiger partial charge >= 0.3 is 12.6 Å². The molecule has 3 aliphatic heterocycles. The lowest BCUT2D eigenvalue weighted by Gasteiger charge is -2.32. The molecule has 3 aliphatic rings. The fourth-order valence-electron chi connectivity index (χ4n) is 6.18. The number of nitrogens with one attached hydrogen (secondary N) is 3. The highest BCUT2D eigenvalue weighted by Crippen LogP contribution is 2.46. The number of aromatic nitrogens is 3. The summed E-state index contributed by atoms with van der Waals surface area (Å²) in [4.78, 5) is 23.0. The summed E-state index contributed by atoms with van der Waals surface area (Å²) in [6, 6.07) is 3.14. The Labute approximate surface area is 291 Å². The van der Waals surface area contributed by atoms with Crippen LogP contribution in [-0.4, -0.2) is 75.2 Å². The Hall–Kier alpha value is -2.78. The largest absolute Gasteiger partial charge is 0.441 e. The van der Waals surface area contributed by atoms with Crippen molar-refractivity contribution in [2.45, 2.75) is 56.5 Å². The smallest absolute Gasteiger partial charge is 0.407 e. The number of benzene rings is 1. The maximum atomic E-state index is 14.1. The van der Waals surface area contributed by atoms with E-state index < -0.39 is 52.4 Å². The van der Waals surface area contributed by atoms with Gasteiger partial charge < -0.3 is 15.0 Å². The zero-order valence-corrected chi connectivity index (χ0v) is 29.2. The molecule has 3 N–H and O–H groups in total. The Bertz CT molecular complexity index is 1830. The van der Waals surface area contributed by atoms with Crippen LogP contribution in [0.25, 0.3) is 5.57 Å². The van der Waals surface area contributed by atoms with E-state index in [4.69, 9.17) is 21.3 Å². The second-order valence-corrected chi connectivity index (χ2v) is 15.3. The van der Waals surface area contributed by atoms with Crippen LogP contribution in [0.3, 0.4) is 0 Å². The number of alkyl carbamates (subject to hydrolysis) is 1. The molecule has 12 nitrogen and oxygen atoms in total. The number of ether oxygens (including phenoxy) is 1. The number of nitrogens with zero attached hydrogens (tertiary/aromatic N) is 5. The van der Waals surface area contributed by atoms with Gasteiger partial charge in [-0.2, -0.15) is 31.7 Å². The van der Waals surface area contributed by atoms with Crippen molar-refractivity contribution < 1.29 is 31.1 Å². The second kappa shape index (κ2) is 13.6. The van der Waals surface area contributed by atoms with Crippen molar-refractivity contribution in [3.63, 3.8) is 0 Å². The first-order valence-electron chi connectivity index (χ1n) is 14.5. The van der Waals surface area contributed by atoms with Crippen LogP contribution in [0, 0.1) is 5.82 Å². The van der Waals surface area contributed by atoms with Gasteiger partial charge in [0, 0.05) is 75.5 Å². The molecule has 3 aromatic rings. The number of cyclic esters (lactones) is 1. The molecule has 1 aromatic carbocycles. The quantitative estimate of drug-likeness (QED) is 0.172. The van der Waals surface area contributed by atoms with Crippen molar-refractivity contribution in [3.05, 3.63) is 74.8 Å². The molecular weight excluding hydrogens is 796 g/mol. The lowest BCUT2D eigenvalue weighted by atomic mass is 9.92. The topological polar surface area (TPSA) is 143 Å². The van der Waals surface area contributed by atoms with E-state index in [-0.39, 0.29) is 36.6 Å². The van der Waals surface area contributed by atoms with E-state index in [0.717, 1.165) is 12.3 Å². The van der Waals surface area contributed by atoms with Gasteiger partial charge in [-0.15, -0.1) is 11.3 Å². The van der Waals surface area contributed by atoms with Crippen LogP contribution in [0.15, 0.2) is 52.7 Å². The Morgan fingerprint density at radius 1 is 1.32 bits per heavy atom. The number of amidine groups is 1. The number of hydrogen-bond acceptors (Lipinski definition) is 9. The summed E-state index contributed by atoms with van der Waals surface area (Å²) in [7, 11) is -4.09. The van der Waals surface area contributed by atoms with Crippen LogP contribution < -0.4 is 14.8 Å². The average Bonchev–Trinajstić information content (AvgIpc) is 3.80. The summed E-state index contributed by atoms with van der Waals surface area (Å²) in [5.74, 6) is -0.132. The minimum Gasteiger partial charge on any atom is -0.441 e. The predicted octanol–water partition coefficient (Wildman–Crippen LogP) is 5.02. The molecule has 0 bridgehead atoms. The van der Waals surface area contributed by atoms with E-state index in [2.05, 4.69) is 47.4 Å². The fourth-order valence-corrected chi connectivity index (χ4v) is 9.35. The number of amides is 1. The third kappa shape index (κ3) is 7.31. The molecule has 19 heteroatoms.